The van der Waals surface area contributed by atoms with Crippen LogP contribution in [-0.2, 0) is 5.54 Å². The Morgan fingerprint density at radius 3 is 2.73 bits per heavy atom. The van der Waals surface area contributed by atoms with Gasteiger partial charge in [0.25, 0.3) is 5.91 Å². The van der Waals surface area contributed by atoms with Gasteiger partial charge in [0.1, 0.15) is 11.4 Å². The number of benzene rings is 1. The van der Waals surface area contributed by atoms with E-state index in [4.69, 9.17) is 4.52 Å². The molecule has 1 heterocycles. The second kappa shape index (κ2) is 5.79. The molecule has 1 aliphatic rings. The molecule has 0 spiro atoms. The molecule has 5 nitrogen and oxygen atoms in total. The summed E-state index contributed by atoms with van der Waals surface area (Å²) < 4.78 is 18.6. The number of halogens is 2. The van der Waals surface area contributed by atoms with Gasteiger partial charge in [-0.25, -0.2) is 4.39 Å². The molecule has 22 heavy (non-hydrogen) atoms. The number of hydrogen-bond donors (Lipinski definition) is 1. The predicted molar refractivity (Wildman–Crippen MR) is 80.7 cm³/mol. The summed E-state index contributed by atoms with van der Waals surface area (Å²) in [6, 6.07) is 3.99. The topological polar surface area (TPSA) is 68.0 Å². The molecule has 2 aromatic rings. The molecule has 1 saturated carbocycles. The van der Waals surface area contributed by atoms with Crippen molar-refractivity contribution in [2.24, 2.45) is 0 Å². The fourth-order valence-corrected chi connectivity index (χ4v) is 3.37. The van der Waals surface area contributed by atoms with Crippen LogP contribution in [-0.4, -0.2) is 16.0 Å². The van der Waals surface area contributed by atoms with E-state index in [-0.39, 0.29) is 5.91 Å². The molecule has 0 saturated heterocycles. The number of carbonyl (C=O) groups is 1. The van der Waals surface area contributed by atoms with Crippen LogP contribution in [0.25, 0.3) is 0 Å². The lowest BCUT2D eigenvalue weighted by Gasteiger charge is -2.27. The zero-order chi connectivity index (χ0) is 15.7. The largest absolute Gasteiger partial charge is 0.340 e. The molecule has 0 atom stereocenters. The van der Waals surface area contributed by atoms with Crippen LogP contribution >= 0.6 is 15.9 Å². The molecule has 0 bridgehead atoms. The van der Waals surface area contributed by atoms with Crippen LogP contribution in [0, 0.1) is 12.7 Å². The van der Waals surface area contributed by atoms with Crippen LogP contribution in [0.1, 0.15) is 47.8 Å². The maximum Gasteiger partial charge on any atom is 0.253 e. The van der Waals surface area contributed by atoms with Crippen LogP contribution in [0.15, 0.2) is 27.2 Å². The van der Waals surface area contributed by atoms with E-state index in [1.54, 1.807) is 6.92 Å². The fourth-order valence-electron chi connectivity index (χ4n) is 2.83. The lowest BCUT2D eigenvalue weighted by atomic mass is 9.96. The van der Waals surface area contributed by atoms with Crippen molar-refractivity contribution >= 4 is 21.8 Å². The van der Waals surface area contributed by atoms with E-state index in [9.17, 15) is 9.18 Å². The molecule has 1 N–H and O–H groups in total. The zero-order valence-electron chi connectivity index (χ0n) is 12.0. The molecule has 3 rings (SSSR count). The first-order valence-electron chi connectivity index (χ1n) is 7.08. The lowest BCUT2D eigenvalue weighted by molar-refractivity contribution is 0.0891. The Hall–Kier alpha value is -1.76. The van der Waals surface area contributed by atoms with Crippen LogP contribution in [0.2, 0.25) is 0 Å². The van der Waals surface area contributed by atoms with E-state index in [2.05, 4.69) is 31.4 Å². The molecule has 0 aliphatic heterocycles. The van der Waals surface area contributed by atoms with Gasteiger partial charge in [-0.15, -0.1) is 0 Å². The summed E-state index contributed by atoms with van der Waals surface area (Å²) in [5.41, 5.74) is -0.226. The first-order valence-corrected chi connectivity index (χ1v) is 7.88. The van der Waals surface area contributed by atoms with Crippen molar-refractivity contribution < 1.29 is 13.7 Å². The Kier molecular flexibility index (Phi) is 3.99. The molecular weight excluding hydrogens is 353 g/mol. The Morgan fingerprint density at radius 1 is 1.41 bits per heavy atom. The third-order valence-corrected chi connectivity index (χ3v) is 4.60. The Labute approximate surface area is 135 Å². The normalized spacial score (nSPS) is 16.7. The van der Waals surface area contributed by atoms with Crippen LogP contribution < -0.4 is 5.32 Å². The minimum Gasteiger partial charge on any atom is -0.340 e. The first kappa shape index (κ1) is 15.1. The molecule has 0 unspecified atom stereocenters. The summed E-state index contributed by atoms with van der Waals surface area (Å²) in [5, 5.41) is 7.00. The van der Waals surface area contributed by atoms with Crippen molar-refractivity contribution in [3.05, 3.63) is 45.8 Å². The third-order valence-electron chi connectivity index (χ3n) is 3.94. The quantitative estimate of drug-likeness (QED) is 0.901. The summed E-state index contributed by atoms with van der Waals surface area (Å²) in [4.78, 5) is 16.9. The van der Waals surface area contributed by atoms with Gasteiger partial charge in [-0.3, -0.25) is 4.79 Å². The van der Waals surface area contributed by atoms with Crippen LogP contribution in [0.5, 0.6) is 0 Å². The Balaban J connectivity index is 1.89. The SMILES string of the molecule is Cc1nc(C2(NC(=O)c3ccc(F)cc3Br)CCCC2)no1. The molecule has 1 fully saturated rings. The number of hydrogen-bond acceptors (Lipinski definition) is 4. The highest BCUT2D eigenvalue weighted by Gasteiger charge is 2.41. The summed E-state index contributed by atoms with van der Waals surface area (Å²) in [6.45, 7) is 1.72. The minimum absolute atomic E-state index is 0.281. The predicted octanol–water partition coefficient (Wildman–Crippen LogP) is 3.48. The van der Waals surface area contributed by atoms with Gasteiger partial charge in [0, 0.05) is 11.4 Å². The standard InChI is InChI=1S/C15H15BrFN3O2/c1-9-18-14(20-22-9)15(6-2-3-7-15)19-13(21)11-5-4-10(17)8-12(11)16/h4-5,8H,2-3,6-7H2,1H3,(H,19,21). The van der Waals surface area contributed by atoms with Crippen molar-refractivity contribution in [1.82, 2.24) is 15.5 Å². The number of amides is 1. The minimum atomic E-state index is -0.608. The lowest BCUT2D eigenvalue weighted by Crippen LogP contribution is -2.44. The van der Waals surface area contributed by atoms with Gasteiger partial charge in [0.2, 0.25) is 5.89 Å². The van der Waals surface area contributed by atoms with E-state index in [1.807, 2.05) is 0 Å². The van der Waals surface area contributed by atoms with E-state index >= 15 is 0 Å². The summed E-state index contributed by atoms with van der Waals surface area (Å²) in [7, 11) is 0. The monoisotopic (exact) mass is 367 g/mol. The third kappa shape index (κ3) is 2.77. The molecule has 7 heteroatoms. The van der Waals surface area contributed by atoms with Gasteiger partial charge in [0.05, 0.1) is 5.56 Å². The molecule has 1 amide bonds. The Bertz CT molecular complexity index is 711. The van der Waals surface area contributed by atoms with Gasteiger partial charge in [-0.1, -0.05) is 18.0 Å². The summed E-state index contributed by atoms with van der Waals surface area (Å²) in [6.07, 6.45) is 3.49. The van der Waals surface area contributed by atoms with Crippen LogP contribution in [0.4, 0.5) is 4.39 Å². The van der Waals surface area contributed by atoms with Crippen LogP contribution in [0.3, 0.4) is 0 Å². The van der Waals surface area contributed by atoms with E-state index < -0.39 is 11.4 Å². The molecule has 1 aliphatic carbocycles. The average Bonchev–Trinajstić information content (AvgIpc) is 3.08. The second-order valence-corrected chi connectivity index (χ2v) is 6.36. The molecule has 116 valence electrons. The number of nitrogens with one attached hydrogen (secondary N) is 1. The molecule has 1 aromatic heterocycles. The maximum atomic E-state index is 13.2. The van der Waals surface area contributed by atoms with E-state index in [0.717, 1.165) is 25.7 Å². The highest BCUT2D eigenvalue weighted by Crippen LogP contribution is 2.37. The smallest absolute Gasteiger partial charge is 0.253 e. The molecule has 0 radical (unpaired) electrons. The highest BCUT2D eigenvalue weighted by atomic mass is 79.9. The van der Waals surface area contributed by atoms with Crippen molar-refractivity contribution in [2.75, 3.05) is 0 Å². The van der Waals surface area contributed by atoms with Gasteiger partial charge in [0.15, 0.2) is 5.82 Å². The Morgan fingerprint density at radius 2 is 2.14 bits per heavy atom. The summed E-state index contributed by atoms with van der Waals surface area (Å²) >= 11 is 3.22. The van der Waals surface area contributed by atoms with Gasteiger partial charge in [-0.05, 0) is 47.0 Å². The van der Waals surface area contributed by atoms with E-state index in [1.165, 1.54) is 18.2 Å². The van der Waals surface area contributed by atoms with Gasteiger partial charge in [-0.2, -0.15) is 4.98 Å². The van der Waals surface area contributed by atoms with Gasteiger partial charge >= 0.3 is 0 Å². The first-order chi connectivity index (χ1) is 10.5. The van der Waals surface area contributed by atoms with Crippen molar-refractivity contribution in [2.45, 2.75) is 38.1 Å². The highest BCUT2D eigenvalue weighted by molar-refractivity contribution is 9.10. The molecule has 1 aromatic carbocycles. The van der Waals surface area contributed by atoms with Crippen molar-refractivity contribution in [1.29, 1.82) is 0 Å². The van der Waals surface area contributed by atoms with Crippen molar-refractivity contribution in [3.8, 4) is 0 Å². The molecular formula is C15H15BrFN3O2. The number of carbonyl (C=O) groups excluding carboxylic acids is 1. The summed E-state index contributed by atoms with van der Waals surface area (Å²) in [5.74, 6) is 0.302. The number of nitrogens with zero attached hydrogens (tertiary/aromatic N) is 2. The maximum absolute atomic E-state index is 13.2. The second-order valence-electron chi connectivity index (χ2n) is 5.50. The number of rotatable bonds is 3. The van der Waals surface area contributed by atoms with E-state index in [0.29, 0.717) is 21.8 Å². The zero-order valence-corrected chi connectivity index (χ0v) is 13.6. The number of aryl methyl sites for hydroxylation is 1. The van der Waals surface area contributed by atoms with Gasteiger partial charge < -0.3 is 9.84 Å². The van der Waals surface area contributed by atoms with Crippen molar-refractivity contribution in [3.63, 3.8) is 0 Å². The fraction of sp³-hybridized carbons (Fsp3) is 0.400. The number of aromatic nitrogens is 2. The average molecular weight is 368 g/mol.